The van der Waals surface area contributed by atoms with Crippen LogP contribution < -0.4 is 10.6 Å². The fraction of sp³-hybridized carbons (Fsp3) is 0.333. The minimum Gasteiger partial charge on any atom is -0.298 e. The molecule has 1 aliphatic rings. The van der Waals surface area contributed by atoms with E-state index in [2.05, 4.69) is 25.8 Å². The largest absolute Gasteiger partial charge is 0.298 e. The third-order valence-electron chi connectivity index (χ3n) is 2.88. The summed E-state index contributed by atoms with van der Waals surface area (Å²) in [6.45, 7) is 6.25. The number of nitrogens with zero attached hydrogens (tertiary/aromatic N) is 1. The zero-order chi connectivity index (χ0) is 10.3. The Morgan fingerprint density at radius 3 is 2.71 bits per heavy atom. The number of carbonyl (C=O) groups excluding carboxylic acids is 1. The fourth-order valence-electron chi connectivity index (χ4n) is 1.74. The van der Waals surface area contributed by atoms with E-state index in [0.717, 1.165) is 22.4 Å². The monoisotopic (exact) mass is 187 g/mol. The van der Waals surface area contributed by atoms with E-state index in [1.165, 1.54) is 5.57 Å². The highest BCUT2D eigenvalue weighted by Gasteiger charge is 2.23. The quantitative estimate of drug-likeness (QED) is 0.605. The minimum absolute atomic E-state index is 0.121. The predicted molar refractivity (Wildman–Crippen MR) is 55.8 cm³/mol. The number of rotatable bonds is 1. The second kappa shape index (κ2) is 2.77. The van der Waals surface area contributed by atoms with Crippen molar-refractivity contribution in [3.05, 3.63) is 34.3 Å². The summed E-state index contributed by atoms with van der Waals surface area (Å²) in [6, 6.07) is 5.64. The first-order chi connectivity index (χ1) is 6.54. The average Bonchev–Trinajstić information content (AvgIpc) is 2.38. The van der Waals surface area contributed by atoms with Gasteiger partial charge in [0, 0.05) is 10.8 Å². The van der Waals surface area contributed by atoms with E-state index < -0.39 is 0 Å². The molecule has 0 unspecified atom stereocenters. The molecule has 0 bridgehead atoms. The standard InChI is InChI=1S/C12H13NO/c1-8-10-6-9(7-14)4-5-11(10)13-12(8,2)3/h4-7H,1-3H3. The molecule has 0 radical (unpaired) electrons. The van der Waals surface area contributed by atoms with Gasteiger partial charge in [-0.2, -0.15) is 0 Å². The molecule has 1 heterocycles. The lowest BCUT2D eigenvalue weighted by Crippen LogP contribution is -2.23. The molecule has 14 heavy (non-hydrogen) atoms. The predicted octanol–water partition coefficient (Wildman–Crippen LogP) is 1.08. The van der Waals surface area contributed by atoms with Gasteiger partial charge in [0.1, 0.15) is 6.29 Å². The van der Waals surface area contributed by atoms with Crippen LogP contribution in [-0.4, -0.2) is 11.8 Å². The van der Waals surface area contributed by atoms with Crippen molar-refractivity contribution < 1.29 is 4.79 Å². The second-order valence-corrected chi connectivity index (χ2v) is 4.19. The van der Waals surface area contributed by atoms with E-state index in [0.29, 0.717) is 0 Å². The molecule has 1 aromatic rings. The summed E-state index contributed by atoms with van der Waals surface area (Å²) in [4.78, 5) is 15.2. The van der Waals surface area contributed by atoms with Crippen LogP contribution >= 0.6 is 0 Å². The average molecular weight is 187 g/mol. The van der Waals surface area contributed by atoms with Gasteiger partial charge in [-0.25, -0.2) is 0 Å². The molecule has 0 saturated heterocycles. The Hall–Kier alpha value is -1.44. The minimum atomic E-state index is -0.121. The molecule has 2 nitrogen and oxygen atoms in total. The van der Waals surface area contributed by atoms with Crippen LogP contribution in [0.3, 0.4) is 0 Å². The summed E-state index contributed by atoms with van der Waals surface area (Å²) in [5.74, 6) is 0. The van der Waals surface area contributed by atoms with Gasteiger partial charge in [0.15, 0.2) is 0 Å². The maximum Gasteiger partial charge on any atom is 0.150 e. The van der Waals surface area contributed by atoms with Crippen molar-refractivity contribution in [3.8, 4) is 0 Å². The van der Waals surface area contributed by atoms with Gasteiger partial charge in [0.2, 0.25) is 0 Å². The molecule has 1 aliphatic heterocycles. The first-order valence-electron chi connectivity index (χ1n) is 4.71. The molecule has 0 atom stereocenters. The summed E-state index contributed by atoms with van der Waals surface area (Å²) < 4.78 is 0. The van der Waals surface area contributed by atoms with Gasteiger partial charge in [-0.1, -0.05) is 0 Å². The van der Waals surface area contributed by atoms with Gasteiger partial charge in [0.25, 0.3) is 0 Å². The van der Waals surface area contributed by atoms with Crippen LogP contribution in [0, 0.1) is 0 Å². The van der Waals surface area contributed by atoms with E-state index >= 15 is 0 Å². The first-order valence-corrected chi connectivity index (χ1v) is 4.71. The third-order valence-corrected chi connectivity index (χ3v) is 2.88. The Morgan fingerprint density at radius 1 is 1.36 bits per heavy atom. The van der Waals surface area contributed by atoms with Crippen LogP contribution in [0.15, 0.2) is 23.2 Å². The maximum absolute atomic E-state index is 10.6. The van der Waals surface area contributed by atoms with Crippen molar-refractivity contribution in [1.29, 1.82) is 0 Å². The summed E-state index contributed by atoms with van der Waals surface area (Å²) in [5, 5.41) is 2.11. The molecule has 0 saturated carbocycles. The third kappa shape index (κ3) is 1.18. The Labute approximate surface area is 83.0 Å². The highest BCUT2D eigenvalue weighted by molar-refractivity contribution is 5.75. The Bertz CT molecular complexity index is 512. The number of carbonyl (C=O) groups is 1. The molecular formula is C12H13NO. The fourth-order valence-corrected chi connectivity index (χ4v) is 1.74. The summed E-state index contributed by atoms with van der Waals surface area (Å²) in [5.41, 5.74) is 1.83. The lowest BCUT2D eigenvalue weighted by molar-refractivity contribution is 0.112. The van der Waals surface area contributed by atoms with E-state index in [1.54, 1.807) is 0 Å². The second-order valence-electron chi connectivity index (χ2n) is 4.19. The normalized spacial score (nSPS) is 17.5. The van der Waals surface area contributed by atoms with Crippen molar-refractivity contribution >= 4 is 11.9 Å². The first kappa shape index (κ1) is 9.13. The number of hydrogen-bond donors (Lipinski definition) is 0. The van der Waals surface area contributed by atoms with Gasteiger partial charge in [-0.15, -0.1) is 0 Å². The molecule has 0 spiro atoms. The van der Waals surface area contributed by atoms with Gasteiger partial charge in [0.05, 0.1) is 10.9 Å². The molecule has 0 aromatic heterocycles. The zero-order valence-electron chi connectivity index (χ0n) is 8.66. The maximum atomic E-state index is 10.6. The molecule has 72 valence electrons. The molecule has 0 amide bonds. The molecule has 1 aromatic carbocycles. The molecule has 0 aliphatic carbocycles. The lowest BCUT2D eigenvalue weighted by atomic mass is 9.96. The van der Waals surface area contributed by atoms with Gasteiger partial charge >= 0.3 is 0 Å². The van der Waals surface area contributed by atoms with E-state index in [9.17, 15) is 4.79 Å². The highest BCUT2D eigenvalue weighted by atomic mass is 16.1. The van der Waals surface area contributed by atoms with E-state index in [-0.39, 0.29) is 5.54 Å². The number of benzene rings is 1. The number of hydrogen-bond acceptors (Lipinski definition) is 2. The van der Waals surface area contributed by atoms with Gasteiger partial charge in [-0.3, -0.25) is 9.79 Å². The van der Waals surface area contributed by atoms with Crippen molar-refractivity contribution in [2.75, 3.05) is 0 Å². The lowest BCUT2D eigenvalue weighted by Gasteiger charge is -2.15. The molecule has 2 rings (SSSR count). The van der Waals surface area contributed by atoms with E-state index in [4.69, 9.17) is 0 Å². The topological polar surface area (TPSA) is 29.4 Å². The molecule has 0 N–H and O–H groups in total. The van der Waals surface area contributed by atoms with Crippen LogP contribution in [0.1, 0.15) is 31.1 Å². The van der Waals surface area contributed by atoms with Crippen LogP contribution in [0.5, 0.6) is 0 Å². The summed E-state index contributed by atoms with van der Waals surface area (Å²) >= 11 is 0. The molecular weight excluding hydrogens is 174 g/mol. The zero-order valence-corrected chi connectivity index (χ0v) is 8.66. The van der Waals surface area contributed by atoms with Crippen LogP contribution in [0.25, 0.3) is 5.57 Å². The SMILES string of the molecule is CC1=c2cc(C=O)ccc2=NC1(C)C. The van der Waals surface area contributed by atoms with Crippen molar-refractivity contribution in [2.24, 2.45) is 4.99 Å². The summed E-state index contributed by atoms with van der Waals surface area (Å²) in [6.07, 6.45) is 0.874. The number of fused-ring (bicyclic) bond motifs is 1. The van der Waals surface area contributed by atoms with Gasteiger partial charge in [-0.05, 0) is 44.5 Å². The van der Waals surface area contributed by atoms with Crippen molar-refractivity contribution in [2.45, 2.75) is 26.3 Å². The highest BCUT2D eigenvalue weighted by Crippen LogP contribution is 2.21. The Kier molecular flexibility index (Phi) is 1.81. The Balaban J connectivity index is 2.83. The summed E-state index contributed by atoms with van der Waals surface area (Å²) in [7, 11) is 0. The van der Waals surface area contributed by atoms with Gasteiger partial charge < -0.3 is 0 Å². The Morgan fingerprint density at radius 2 is 2.07 bits per heavy atom. The van der Waals surface area contributed by atoms with Crippen LogP contribution in [-0.2, 0) is 0 Å². The van der Waals surface area contributed by atoms with Crippen molar-refractivity contribution in [3.63, 3.8) is 0 Å². The van der Waals surface area contributed by atoms with Crippen LogP contribution in [0.4, 0.5) is 0 Å². The number of aldehydes is 1. The van der Waals surface area contributed by atoms with E-state index in [1.807, 2.05) is 18.2 Å². The molecule has 2 heteroatoms. The smallest absolute Gasteiger partial charge is 0.150 e. The van der Waals surface area contributed by atoms with Crippen molar-refractivity contribution in [1.82, 2.24) is 0 Å². The van der Waals surface area contributed by atoms with Crippen LogP contribution in [0.2, 0.25) is 0 Å². The molecule has 0 fully saturated rings.